The largest absolute Gasteiger partial charge is 0.387 e. The number of aliphatic hydroxyl groups excluding tert-OH is 5. The lowest BCUT2D eigenvalue weighted by molar-refractivity contribution is -0.266. The second kappa shape index (κ2) is 4.06. The zero-order valence-electron chi connectivity index (χ0n) is 7.85. The summed E-state index contributed by atoms with van der Waals surface area (Å²) < 4.78 is 0. The molecular weight excluding hydrogens is 204 g/mol. The Hall–Kier alpha value is -0.680. The summed E-state index contributed by atoms with van der Waals surface area (Å²) in [7, 11) is 0. The SMILES string of the molecule is C#CCC1(O)[C@H](O)[C@H](O)C(O)[C@H](O)[C@H]1O. The highest BCUT2D eigenvalue weighted by molar-refractivity contribution is 5.12. The van der Waals surface area contributed by atoms with Crippen LogP contribution in [-0.2, 0) is 0 Å². The van der Waals surface area contributed by atoms with Crippen LogP contribution in [0.15, 0.2) is 0 Å². The minimum atomic E-state index is -2.22. The lowest BCUT2D eigenvalue weighted by Crippen LogP contribution is -2.70. The maximum Gasteiger partial charge on any atom is 0.132 e. The Morgan fingerprint density at radius 2 is 1.33 bits per heavy atom. The monoisotopic (exact) mass is 218 g/mol. The highest BCUT2D eigenvalue weighted by atomic mass is 16.4. The molecule has 1 fully saturated rings. The molecule has 0 aromatic heterocycles. The molecule has 1 aliphatic carbocycles. The van der Waals surface area contributed by atoms with Gasteiger partial charge in [-0.15, -0.1) is 12.3 Å². The first-order valence-corrected chi connectivity index (χ1v) is 4.42. The van der Waals surface area contributed by atoms with Gasteiger partial charge in [0.05, 0.1) is 0 Å². The van der Waals surface area contributed by atoms with Crippen LogP contribution in [0.1, 0.15) is 6.42 Å². The van der Waals surface area contributed by atoms with Gasteiger partial charge in [-0.25, -0.2) is 0 Å². The van der Waals surface area contributed by atoms with Crippen LogP contribution in [0.2, 0.25) is 0 Å². The molecule has 6 heteroatoms. The molecule has 1 aliphatic rings. The number of rotatable bonds is 1. The zero-order chi connectivity index (χ0) is 11.8. The third-order valence-electron chi connectivity index (χ3n) is 2.76. The van der Waals surface area contributed by atoms with E-state index in [1.54, 1.807) is 0 Å². The first-order valence-electron chi connectivity index (χ1n) is 4.42. The van der Waals surface area contributed by atoms with Gasteiger partial charge in [0.1, 0.15) is 36.1 Å². The van der Waals surface area contributed by atoms with Gasteiger partial charge in [-0.2, -0.15) is 0 Å². The average Bonchev–Trinajstić information content (AvgIpc) is 2.22. The molecule has 0 saturated heterocycles. The molecule has 6 N–H and O–H groups in total. The van der Waals surface area contributed by atoms with Gasteiger partial charge in [0.15, 0.2) is 0 Å². The van der Waals surface area contributed by atoms with Gasteiger partial charge in [0, 0.05) is 6.42 Å². The zero-order valence-corrected chi connectivity index (χ0v) is 7.85. The fourth-order valence-electron chi connectivity index (χ4n) is 1.71. The van der Waals surface area contributed by atoms with E-state index in [1.807, 2.05) is 5.92 Å². The Morgan fingerprint density at radius 1 is 0.933 bits per heavy atom. The Morgan fingerprint density at radius 3 is 1.67 bits per heavy atom. The van der Waals surface area contributed by atoms with Crippen molar-refractivity contribution in [3.05, 3.63) is 0 Å². The van der Waals surface area contributed by atoms with E-state index in [4.69, 9.17) is 6.42 Å². The van der Waals surface area contributed by atoms with Gasteiger partial charge in [0.25, 0.3) is 0 Å². The molecule has 0 aliphatic heterocycles. The van der Waals surface area contributed by atoms with Crippen molar-refractivity contribution in [1.82, 2.24) is 0 Å². The summed E-state index contributed by atoms with van der Waals surface area (Å²) in [5.41, 5.74) is -2.22. The summed E-state index contributed by atoms with van der Waals surface area (Å²) in [6.07, 6.45) is -4.40. The van der Waals surface area contributed by atoms with Gasteiger partial charge in [-0.05, 0) is 0 Å². The smallest absolute Gasteiger partial charge is 0.132 e. The maximum atomic E-state index is 9.79. The van der Waals surface area contributed by atoms with Crippen LogP contribution >= 0.6 is 0 Å². The van der Waals surface area contributed by atoms with Gasteiger partial charge < -0.3 is 30.6 Å². The Bertz CT molecular complexity index is 256. The third kappa shape index (κ3) is 1.74. The lowest BCUT2D eigenvalue weighted by atomic mass is 9.73. The van der Waals surface area contributed by atoms with Crippen LogP contribution in [0.25, 0.3) is 0 Å². The van der Waals surface area contributed by atoms with E-state index in [0.717, 1.165) is 0 Å². The van der Waals surface area contributed by atoms with Crippen molar-refractivity contribution in [3.63, 3.8) is 0 Å². The minimum absolute atomic E-state index is 0.448. The van der Waals surface area contributed by atoms with E-state index in [1.165, 1.54) is 0 Å². The lowest BCUT2D eigenvalue weighted by Gasteiger charge is -2.46. The van der Waals surface area contributed by atoms with Gasteiger partial charge >= 0.3 is 0 Å². The van der Waals surface area contributed by atoms with Crippen molar-refractivity contribution in [2.75, 3.05) is 0 Å². The molecule has 6 atom stereocenters. The van der Waals surface area contributed by atoms with E-state index in [0.29, 0.717) is 0 Å². The molecule has 0 aromatic rings. The van der Waals surface area contributed by atoms with Crippen LogP contribution in [0.5, 0.6) is 0 Å². The summed E-state index contributed by atoms with van der Waals surface area (Å²) in [6, 6.07) is 0. The topological polar surface area (TPSA) is 121 Å². The predicted octanol–water partition coefficient (Wildman–Crippen LogP) is -3.44. The molecule has 6 nitrogen and oxygen atoms in total. The molecule has 1 saturated carbocycles. The Balaban J connectivity index is 3.02. The molecule has 0 heterocycles. The predicted molar refractivity (Wildman–Crippen MR) is 48.4 cm³/mol. The van der Waals surface area contributed by atoms with Crippen molar-refractivity contribution < 1.29 is 30.6 Å². The van der Waals surface area contributed by atoms with E-state index >= 15 is 0 Å². The van der Waals surface area contributed by atoms with Crippen LogP contribution in [0.3, 0.4) is 0 Å². The highest BCUT2D eigenvalue weighted by Gasteiger charge is 2.57. The number of aliphatic hydroxyl groups is 6. The van der Waals surface area contributed by atoms with Crippen LogP contribution in [0.4, 0.5) is 0 Å². The van der Waals surface area contributed by atoms with Crippen molar-refractivity contribution in [2.24, 2.45) is 0 Å². The molecule has 0 radical (unpaired) electrons. The summed E-state index contributed by atoms with van der Waals surface area (Å²) >= 11 is 0. The van der Waals surface area contributed by atoms with Crippen LogP contribution in [0, 0.1) is 12.3 Å². The fourth-order valence-corrected chi connectivity index (χ4v) is 1.71. The first-order chi connectivity index (χ1) is 6.86. The van der Waals surface area contributed by atoms with Crippen molar-refractivity contribution in [2.45, 2.75) is 42.5 Å². The van der Waals surface area contributed by atoms with E-state index < -0.39 is 42.5 Å². The number of hydrogen-bond donors (Lipinski definition) is 6. The summed E-state index contributed by atoms with van der Waals surface area (Å²) in [5.74, 6) is 2.02. The van der Waals surface area contributed by atoms with Crippen molar-refractivity contribution >= 4 is 0 Å². The second-order valence-electron chi connectivity index (χ2n) is 3.73. The summed E-state index contributed by atoms with van der Waals surface area (Å²) in [4.78, 5) is 0. The molecule has 0 aromatic carbocycles. The molecule has 0 bridgehead atoms. The Kier molecular flexibility index (Phi) is 3.35. The number of terminal acetylenes is 1. The van der Waals surface area contributed by atoms with E-state index in [-0.39, 0.29) is 0 Å². The van der Waals surface area contributed by atoms with Gasteiger partial charge in [-0.1, -0.05) is 0 Å². The highest BCUT2D eigenvalue weighted by Crippen LogP contribution is 2.32. The van der Waals surface area contributed by atoms with Crippen molar-refractivity contribution in [1.29, 1.82) is 0 Å². The summed E-state index contributed by atoms with van der Waals surface area (Å²) in [6.45, 7) is 0. The number of hydrogen-bond acceptors (Lipinski definition) is 6. The van der Waals surface area contributed by atoms with Crippen molar-refractivity contribution in [3.8, 4) is 12.3 Å². The minimum Gasteiger partial charge on any atom is -0.387 e. The molecule has 0 spiro atoms. The average molecular weight is 218 g/mol. The second-order valence-corrected chi connectivity index (χ2v) is 3.73. The van der Waals surface area contributed by atoms with E-state index in [2.05, 4.69) is 0 Å². The summed E-state index contributed by atoms with van der Waals surface area (Å²) in [5, 5.41) is 56.5. The molecule has 2 unspecified atom stereocenters. The quantitative estimate of drug-likeness (QED) is 0.255. The van der Waals surface area contributed by atoms with Gasteiger partial charge in [0.2, 0.25) is 0 Å². The van der Waals surface area contributed by atoms with E-state index in [9.17, 15) is 30.6 Å². The molecule has 86 valence electrons. The molecular formula is C9H14O6. The van der Waals surface area contributed by atoms with Crippen LogP contribution in [-0.4, -0.2) is 66.8 Å². The third-order valence-corrected chi connectivity index (χ3v) is 2.76. The first kappa shape index (κ1) is 12.4. The molecule has 0 amide bonds. The van der Waals surface area contributed by atoms with Crippen LogP contribution < -0.4 is 0 Å². The normalized spacial score (nSPS) is 51.1. The standard InChI is InChI=1S/C9H14O6/c1-2-3-9(15)7(13)5(11)4(10)6(12)8(9)14/h1,4-8,10-15H,3H2/t4?,5-,6+,7-,8-,9?/m1/s1. The maximum absolute atomic E-state index is 9.79. The Labute approximate surface area is 86.4 Å². The molecule has 15 heavy (non-hydrogen) atoms. The fraction of sp³-hybridized carbons (Fsp3) is 0.778. The van der Waals surface area contributed by atoms with Gasteiger partial charge in [-0.3, -0.25) is 0 Å². The molecule has 1 rings (SSSR count).